The van der Waals surface area contributed by atoms with Crippen molar-refractivity contribution in [3.63, 3.8) is 0 Å². The third-order valence-electron chi connectivity index (χ3n) is 4.52. The number of rotatable bonds is 6. The molecule has 28 heavy (non-hydrogen) atoms. The summed E-state index contributed by atoms with van der Waals surface area (Å²) in [5, 5.41) is 0. The lowest BCUT2D eigenvalue weighted by Gasteiger charge is -2.27. The number of fused-ring (bicyclic) bond motifs is 1. The van der Waals surface area contributed by atoms with Crippen LogP contribution in [0.5, 0.6) is 11.5 Å². The lowest BCUT2D eigenvalue weighted by molar-refractivity contribution is -0.0431. The average Bonchev–Trinajstić information content (AvgIpc) is 3.09. The smallest absolute Gasteiger partial charge is 0.449 e. The van der Waals surface area contributed by atoms with Gasteiger partial charge in [0, 0.05) is 26.4 Å². The molecule has 0 aliphatic carbocycles. The molecule has 1 aliphatic heterocycles. The molecule has 1 amide bonds. The standard InChI is InChI=1S/C20H25NO7/c1-6-21(18(22)24-11-17-13(3)25-19(23)26-17)12(2)9-14-7-8-15-16(10-14)28-20(4,5)27-15/h7-8,10,12H,6,9,11H2,1-5H3. The van der Waals surface area contributed by atoms with Crippen molar-refractivity contribution in [2.45, 2.75) is 59.5 Å². The molecule has 152 valence electrons. The Labute approximate surface area is 163 Å². The monoisotopic (exact) mass is 391 g/mol. The molecule has 1 aliphatic rings. The number of hydrogen-bond acceptors (Lipinski definition) is 7. The van der Waals surface area contributed by atoms with Gasteiger partial charge in [-0.25, -0.2) is 9.59 Å². The Bertz CT molecular complexity index is 912. The van der Waals surface area contributed by atoms with Crippen LogP contribution in [-0.2, 0) is 17.8 Å². The summed E-state index contributed by atoms with van der Waals surface area (Å²) in [5.74, 6) is 0.440. The first kappa shape index (κ1) is 19.9. The maximum absolute atomic E-state index is 12.5. The van der Waals surface area contributed by atoms with Gasteiger partial charge in [-0.15, -0.1) is 0 Å². The molecular weight excluding hydrogens is 366 g/mol. The summed E-state index contributed by atoms with van der Waals surface area (Å²) >= 11 is 0. The molecule has 2 heterocycles. The highest BCUT2D eigenvalue weighted by molar-refractivity contribution is 5.68. The van der Waals surface area contributed by atoms with Gasteiger partial charge in [0.2, 0.25) is 5.79 Å². The van der Waals surface area contributed by atoms with Gasteiger partial charge in [-0.05, 0) is 44.9 Å². The normalized spacial score (nSPS) is 15.3. The number of aryl methyl sites for hydroxylation is 1. The predicted octanol–water partition coefficient (Wildman–Crippen LogP) is 3.64. The number of likely N-dealkylation sites (N-methyl/N-ethyl adjacent to an activating group) is 1. The van der Waals surface area contributed by atoms with Crippen molar-refractivity contribution in [3.8, 4) is 11.5 Å². The van der Waals surface area contributed by atoms with Crippen LogP contribution in [0.2, 0.25) is 0 Å². The largest absolute Gasteiger partial charge is 0.519 e. The quantitative estimate of drug-likeness (QED) is 0.742. The van der Waals surface area contributed by atoms with Crippen LogP contribution in [0, 0.1) is 6.92 Å². The third kappa shape index (κ3) is 4.32. The lowest BCUT2D eigenvalue weighted by Crippen LogP contribution is -2.40. The number of amides is 1. The Kier molecular flexibility index (Phi) is 5.40. The minimum Gasteiger partial charge on any atom is -0.449 e. The fourth-order valence-corrected chi connectivity index (χ4v) is 3.18. The zero-order chi connectivity index (χ0) is 20.5. The Morgan fingerprint density at radius 1 is 1.21 bits per heavy atom. The number of ether oxygens (including phenoxy) is 3. The Morgan fingerprint density at radius 3 is 2.57 bits per heavy atom. The van der Waals surface area contributed by atoms with Gasteiger partial charge >= 0.3 is 11.9 Å². The molecular formula is C20H25NO7. The van der Waals surface area contributed by atoms with E-state index in [1.807, 2.05) is 45.9 Å². The summed E-state index contributed by atoms with van der Waals surface area (Å²) in [5.41, 5.74) is 1.02. The number of carbonyl (C=O) groups is 1. The number of nitrogens with zero attached hydrogens (tertiary/aromatic N) is 1. The SMILES string of the molecule is CCN(C(=O)OCc1oc(=O)oc1C)C(C)Cc1ccc2c(c1)OC(C)(C)O2. The maximum atomic E-state index is 12.5. The van der Waals surface area contributed by atoms with Crippen LogP contribution in [-0.4, -0.2) is 29.4 Å². The van der Waals surface area contributed by atoms with E-state index >= 15 is 0 Å². The molecule has 1 unspecified atom stereocenters. The molecule has 0 saturated carbocycles. The molecule has 1 atom stereocenters. The van der Waals surface area contributed by atoms with E-state index < -0.39 is 17.7 Å². The van der Waals surface area contributed by atoms with Gasteiger partial charge in [-0.1, -0.05) is 6.07 Å². The topological polar surface area (TPSA) is 91.4 Å². The third-order valence-corrected chi connectivity index (χ3v) is 4.52. The van der Waals surface area contributed by atoms with E-state index in [4.69, 9.17) is 23.0 Å². The summed E-state index contributed by atoms with van der Waals surface area (Å²) in [4.78, 5) is 25.2. The highest BCUT2D eigenvalue weighted by atomic mass is 16.7. The molecule has 1 aromatic heterocycles. The Balaban J connectivity index is 1.62. The van der Waals surface area contributed by atoms with Crippen LogP contribution < -0.4 is 15.3 Å². The summed E-state index contributed by atoms with van der Waals surface area (Å²) in [7, 11) is 0. The van der Waals surface area contributed by atoms with E-state index in [0.717, 1.165) is 5.56 Å². The average molecular weight is 391 g/mol. The van der Waals surface area contributed by atoms with Crippen LogP contribution in [0.25, 0.3) is 0 Å². The number of carbonyl (C=O) groups excluding carboxylic acids is 1. The fraction of sp³-hybridized carbons (Fsp3) is 0.500. The van der Waals surface area contributed by atoms with Crippen LogP contribution >= 0.6 is 0 Å². The molecule has 2 aromatic rings. The van der Waals surface area contributed by atoms with Crippen molar-refractivity contribution in [2.75, 3.05) is 6.54 Å². The Hall–Kier alpha value is -2.90. The highest BCUT2D eigenvalue weighted by Crippen LogP contribution is 2.39. The van der Waals surface area contributed by atoms with Gasteiger partial charge in [0.05, 0.1) is 0 Å². The zero-order valence-electron chi connectivity index (χ0n) is 16.7. The second-order valence-corrected chi connectivity index (χ2v) is 7.21. The van der Waals surface area contributed by atoms with E-state index in [9.17, 15) is 9.59 Å². The summed E-state index contributed by atoms with van der Waals surface area (Å²) in [6, 6.07) is 5.67. The lowest BCUT2D eigenvalue weighted by atomic mass is 10.1. The minimum absolute atomic E-state index is 0.108. The van der Waals surface area contributed by atoms with Gasteiger partial charge in [-0.3, -0.25) is 0 Å². The van der Waals surface area contributed by atoms with Crippen molar-refractivity contribution in [2.24, 2.45) is 0 Å². The summed E-state index contributed by atoms with van der Waals surface area (Å²) in [6.07, 6.45) is 0.139. The van der Waals surface area contributed by atoms with Gasteiger partial charge in [-0.2, -0.15) is 0 Å². The first-order valence-electron chi connectivity index (χ1n) is 9.22. The first-order valence-corrected chi connectivity index (χ1v) is 9.22. The predicted molar refractivity (Wildman–Crippen MR) is 99.5 cm³/mol. The summed E-state index contributed by atoms with van der Waals surface area (Å²) in [6.45, 7) is 9.44. The molecule has 8 heteroatoms. The first-order chi connectivity index (χ1) is 13.2. The molecule has 0 radical (unpaired) electrons. The molecule has 0 bridgehead atoms. The van der Waals surface area contributed by atoms with E-state index in [-0.39, 0.29) is 18.4 Å². The van der Waals surface area contributed by atoms with Crippen molar-refractivity contribution in [1.82, 2.24) is 4.90 Å². The molecule has 0 saturated heterocycles. The molecule has 1 aromatic carbocycles. The number of benzene rings is 1. The minimum atomic E-state index is -0.810. The van der Waals surface area contributed by atoms with Crippen molar-refractivity contribution in [1.29, 1.82) is 0 Å². The van der Waals surface area contributed by atoms with Crippen LogP contribution in [0.3, 0.4) is 0 Å². The Morgan fingerprint density at radius 2 is 1.93 bits per heavy atom. The van der Waals surface area contributed by atoms with E-state index in [0.29, 0.717) is 30.2 Å². The molecule has 0 N–H and O–H groups in total. The van der Waals surface area contributed by atoms with E-state index in [1.54, 1.807) is 11.8 Å². The van der Waals surface area contributed by atoms with Crippen molar-refractivity contribution < 1.29 is 27.8 Å². The second-order valence-electron chi connectivity index (χ2n) is 7.21. The summed E-state index contributed by atoms with van der Waals surface area (Å²) < 4.78 is 26.4. The molecule has 3 rings (SSSR count). The van der Waals surface area contributed by atoms with Crippen LogP contribution in [0.1, 0.15) is 44.8 Å². The van der Waals surface area contributed by atoms with Gasteiger partial charge < -0.3 is 27.9 Å². The molecule has 8 nitrogen and oxygen atoms in total. The van der Waals surface area contributed by atoms with Gasteiger partial charge in [0.15, 0.2) is 29.6 Å². The highest BCUT2D eigenvalue weighted by Gasteiger charge is 2.32. The maximum Gasteiger partial charge on any atom is 0.519 e. The van der Waals surface area contributed by atoms with Gasteiger partial charge in [0.25, 0.3) is 0 Å². The molecule has 0 fully saturated rings. The fourth-order valence-electron chi connectivity index (χ4n) is 3.18. The van der Waals surface area contributed by atoms with E-state index in [1.165, 1.54) is 0 Å². The van der Waals surface area contributed by atoms with Crippen molar-refractivity contribution in [3.05, 3.63) is 45.9 Å². The van der Waals surface area contributed by atoms with Crippen LogP contribution in [0.15, 0.2) is 31.8 Å². The molecule has 0 spiro atoms. The second kappa shape index (κ2) is 7.61. The zero-order valence-corrected chi connectivity index (χ0v) is 16.7. The van der Waals surface area contributed by atoms with Crippen molar-refractivity contribution >= 4 is 6.09 Å². The van der Waals surface area contributed by atoms with Gasteiger partial charge in [0.1, 0.15) is 0 Å². The van der Waals surface area contributed by atoms with E-state index in [2.05, 4.69) is 0 Å². The van der Waals surface area contributed by atoms with Crippen LogP contribution in [0.4, 0.5) is 4.79 Å². The number of hydrogen-bond donors (Lipinski definition) is 0.